The molecular weight excluding hydrogens is 306 g/mol. The van der Waals surface area contributed by atoms with Gasteiger partial charge in [-0.1, -0.05) is 0 Å². The summed E-state index contributed by atoms with van der Waals surface area (Å²) in [4.78, 5) is 2.06. The van der Waals surface area contributed by atoms with Crippen LogP contribution in [0.1, 0.15) is 0 Å². The van der Waals surface area contributed by atoms with Crippen molar-refractivity contribution in [2.24, 2.45) is 0 Å². The van der Waals surface area contributed by atoms with Crippen LogP contribution in [0.3, 0.4) is 0 Å². The molecule has 6 heteroatoms. The summed E-state index contributed by atoms with van der Waals surface area (Å²) in [6.45, 7) is 2.70. The Balaban J connectivity index is 2.31. The van der Waals surface area contributed by atoms with Crippen molar-refractivity contribution in [2.75, 3.05) is 40.3 Å². The van der Waals surface area contributed by atoms with E-state index in [4.69, 9.17) is 4.74 Å². The summed E-state index contributed by atoms with van der Waals surface area (Å²) in [5, 5.41) is 3.16. The van der Waals surface area contributed by atoms with Crippen LogP contribution < -0.4 is 10.1 Å². The fourth-order valence-electron chi connectivity index (χ4n) is 1.32. The summed E-state index contributed by atoms with van der Waals surface area (Å²) in [6.07, 6.45) is 0. The fraction of sp³-hybridized carbons (Fsp3) is 0.500. The first-order valence-electron chi connectivity index (χ1n) is 5.63. The van der Waals surface area contributed by atoms with Crippen LogP contribution in [0, 0.1) is 11.6 Å². The Kier molecular flexibility index (Phi) is 6.52. The van der Waals surface area contributed by atoms with Gasteiger partial charge in [0.05, 0.1) is 4.47 Å². The summed E-state index contributed by atoms with van der Waals surface area (Å²) >= 11 is 3.07. The van der Waals surface area contributed by atoms with E-state index < -0.39 is 11.6 Å². The molecule has 0 aromatic heterocycles. The number of halogens is 3. The average molecular weight is 323 g/mol. The van der Waals surface area contributed by atoms with Crippen molar-refractivity contribution in [3.63, 3.8) is 0 Å². The number of benzene rings is 1. The van der Waals surface area contributed by atoms with Crippen LogP contribution in [-0.4, -0.2) is 45.2 Å². The maximum atomic E-state index is 13.4. The maximum Gasteiger partial charge on any atom is 0.169 e. The van der Waals surface area contributed by atoms with Gasteiger partial charge in [0, 0.05) is 25.7 Å². The molecule has 0 saturated heterocycles. The van der Waals surface area contributed by atoms with Gasteiger partial charge in [0.1, 0.15) is 12.4 Å². The Bertz CT molecular complexity index is 365. The summed E-state index contributed by atoms with van der Waals surface area (Å²) in [5.74, 6) is -1.28. The number of ether oxygens (including phenoxy) is 1. The van der Waals surface area contributed by atoms with E-state index in [0.717, 1.165) is 19.2 Å². The standard InChI is InChI=1S/C12H17BrF2N2O/c1-17(2)5-3-16-4-6-18-12-10(13)7-9(14)8-11(12)15/h7-8,16H,3-6H2,1-2H3. The van der Waals surface area contributed by atoms with E-state index in [1.165, 1.54) is 6.07 Å². The molecule has 3 nitrogen and oxygen atoms in total. The third kappa shape index (κ3) is 5.29. The largest absolute Gasteiger partial charge is 0.488 e. The van der Waals surface area contributed by atoms with Gasteiger partial charge in [0.15, 0.2) is 11.6 Å². The van der Waals surface area contributed by atoms with E-state index in [9.17, 15) is 8.78 Å². The minimum atomic E-state index is -0.699. The maximum absolute atomic E-state index is 13.4. The predicted molar refractivity (Wildman–Crippen MR) is 71.0 cm³/mol. The Morgan fingerprint density at radius 1 is 1.28 bits per heavy atom. The Hall–Kier alpha value is -0.720. The van der Waals surface area contributed by atoms with E-state index in [1.807, 2.05) is 14.1 Å². The van der Waals surface area contributed by atoms with E-state index in [0.29, 0.717) is 13.2 Å². The van der Waals surface area contributed by atoms with Crippen LogP contribution >= 0.6 is 15.9 Å². The Morgan fingerprint density at radius 2 is 2.00 bits per heavy atom. The number of likely N-dealkylation sites (N-methyl/N-ethyl adjacent to an activating group) is 1. The van der Waals surface area contributed by atoms with E-state index >= 15 is 0 Å². The van der Waals surface area contributed by atoms with Crippen molar-refractivity contribution in [1.29, 1.82) is 0 Å². The molecule has 0 bridgehead atoms. The first kappa shape index (κ1) is 15.3. The highest BCUT2D eigenvalue weighted by atomic mass is 79.9. The van der Waals surface area contributed by atoms with E-state index in [-0.39, 0.29) is 10.2 Å². The van der Waals surface area contributed by atoms with Gasteiger partial charge in [-0.15, -0.1) is 0 Å². The molecule has 0 fully saturated rings. The molecule has 0 spiro atoms. The average Bonchev–Trinajstić information content (AvgIpc) is 2.25. The van der Waals surface area contributed by atoms with Gasteiger partial charge in [-0.05, 0) is 36.1 Å². The number of nitrogens with one attached hydrogen (secondary N) is 1. The van der Waals surface area contributed by atoms with Crippen molar-refractivity contribution in [3.8, 4) is 5.75 Å². The molecule has 0 atom stereocenters. The van der Waals surface area contributed by atoms with Gasteiger partial charge in [-0.2, -0.15) is 0 Å². The number of hydrogen-bond donors (Lipinski definition) is 1. The van der Waals surface area contributed by atoms with Crippen molar-refractivity contribution in [3.05, 3.63) is 28.2 Å². The first-order valence-corrected chi connectivity index (χ1v) is 6.43. The summed E-state index contributed by atoms with van der Waals surface area (Å²) in [7, 11) is 3.98. The molecule has 0 unspecified atom stereocenters. The van der Waals surface area contributed by atoms with Crippen LogP contribution in [-0.2, 0) is 0 Å². The molecule has 0 heterocycles. The minimum absolute atomic E-state index is 0.0470. The summed E-state index contributed by atoms with van der Waals surface area (Å²) in [5.41, 5.74) is 0. The lowest BCUT2D eigenvalue weighted by atomic mass is 10.3. The predicted octanol–water partition coefficient (Wildman–Crippen LogP) is 2.26. The highest BCUT2D eigenvalue weighted by molar-refractivity contribution is 9.10. The number of rotatable bonds is 7. The van der Waals surface area contributed by atoms with Gasteiger partial charge < -0.3 is 15.0 Å². The van der Waals surface area contributed by atoms with Crippen molar-refractivity contribution in [1.82, 2.24) is 10.2 Å². The third-order valence-electron chi connectivity index (χ3n) is 2.22. The van der Waals surface area contributed by atoms with Crippen molar-refractivity contribution >= 4 is 15.9 Å². The zero-order chi connectivity index (χ0) is 13.5. The quantitative estimate of drug-likeness (QED) is 0.779. The zero-order valence-corrected chi connectivity index (χ0v) is 12.1. The lowest BCUT2D eigenvalue weighted by molar-refractivity contribution is 0.292. The highest BCUT2D eigenvalue weighted by Gasteiger charge is 2.10. The molecule has 0 aliphatic rings. The van der Waals surface area contributed by atoms with Gasteiger partial charge in [-0.3, -0.25) is 0 Å². The van der Waals surface area contributed by atoms with Crippen LogP contribution in [0.5, 0.6) is 5.75 Å². The monoisotopic (exact) mass is 322 g/mol. The normalized spacial score (nSPS) is 11.0. The van der Waals surface area contributed by atoms with E-state index in [1.54, 1.807) is 0 Å². The third-order valence-corrected chi connectivity index (χ3v) is 2.81. The lowest BCUT2D eigenvalue weighted by Gasteiger charge is -2.12. The van der Waals surface area contributed by atoms with Crippen LogP contribution in [0.2, 0.25) is 0 Å². The molecule has 102 valence electrons. The smallest absolute Gasteiger partial charge is 0.169 e. The number of nitrogens with zero attached hydrogens (tertiary/aromatic N) is 1. The molecule has 1 aromatic carbocycles. The van der Waals surface area contributed by atoms with Crippen LogP contribution in [0.25, 0.3) is 0 Å². The van der Waals surface area contributed by atoms with E-state index in [2.05, 4.69) is 26.1 Å². The van der Waals surface area contributed by atoms with Crippen molar-refractivity contribution in [2.45, 2.75) is 0 Å². The Morgan fingerprint density at radius 3 is 2.61 bits per heavy atom. The van der Waals surface area contributed by atoms with Gasteiger partial charge >= 0.3 is 0 Å². The fourth-order valence-corrected chi connectivity index (χ4v) is 1.84. The zero-order valence-electron chi connectivity index (χ0n) is 10.5. The molecule has 0 radical (unpaired) electrons. The van der Waals surface area contributed by atoms with Crippen LogP contribution in [0.15, 0.2) is 16.6 Å². The summed E-state index contributed by atoms with van der Waals surface area (Å²) in [6, 6.07) is 1.98. The molecule has 18 heavy (non-hydrogen) atoms. The SMILES string of the molecule is CN(C)CCNCCOc1c(F)cc(F)cc1Br. The molecule has 0 aliphatic carbocycles. The molecular formula is C12H17BrF2N2O. The summed E-state index contributed by atoms with van der Waals surface area (Å²) < 4.78 is 31.8. The van der Waals surface area contributed by atoms with Crippen LogP contribution in [0.4, 0.5) is 8.78 Å². The minimum Gasteiger partial charge on any atom is -0.488 e. The van der Waals surface area contributed by atoms with Gasteiger partial charge in [0.2, 0.25) is 0 Å². The second-order valence-corrected chi connectivity index (χ2v) is 4.95. The van der Waals surface area contributed by atoms with Crippen molar-refractivity contribution < 1.29 is 13.5 Å². The number of hydrogen-bond acceptors (Lipinski definition) is 3. The molecule has 0 saturated carbocycles. The molecule has 1 rings (SSSR count). The second-order valence-electron chi connectivity index (χ2n) is 4.10. The molecule has 1 N–H and O–H groups in total. The topological polar surface area (TPSA) is 24.5 Å². The molecule has 1 aromatic rings. The second kappa shape index (κ2) is 7.66. The van der Waals surface area contributed by atoms with Gasteiger partial charge in [-0.25, -0.2) is 8.78 Å². The molecule has 0 amide bonds. The van der Waals surface area contributed by atoms with Gasteiger partial charge in [0.25, 0.3) is 0 Å². The first-order chi connectivity index (χ1) is 8.50. The lowest BCUT2D eigenvalue weighted by Crippen LogP contribution is -2.29. The Labute approximate surface area is 114 Å². The molecule has 0 aliphatic heterocycles. The highest BCUT2D eigenvalue weighted by Crippen LogP contribution is 2.28.